The second kappa shape index (κ2) is 12.6. The zero-order valence-electron chi connectivity index (χ0n) is 23.1. The van der Waals surface area contributed by atoms with Crippen LogP contribution in [0.5, 0.6) is 0 Å². The largest absolute Gasteiger partial charge is 0.386 e. The van der Waals surface area contributed by atoms with Crippen molar-refractivity contribution in [2.24, 2.45) is 0 Å². The second-order valence-electron chi connectivity index (χ2n) is 10.9. The van der Waals surface area contributed by atoms with Crippen molar-refractivity contribution >= 4 is 23.4 Å². The lowest BCUT2D eigenvalue weighted by Gasteiger charge is -2.45. The molecule has 0 radical (unpaired) electrons. The van der Waals surface area contributed by atoms with Crippen LogP contribution in [0.4, 0.5) is 33.9 Å². The minimum absolute atomic E-state index is 0.112. The van der Waals surface area contributed by atoms with Crippen LogP contribution in [0.2, 0.25) is 0 Å². The minimum Gasteiger partial charge on any atom is -0.371 e. The molecule has 5 rings (SSSR count). The third kappa shape index (κ3) is 7.74. The number of alkyl halides is 4. The summed E-state index contributed by atoms with van der Waals surface area (Å²) in [5.74, 6) is 0.174. The van der Waals surface area contributed by atoms with Crippen LogP contribution in [-0.2, 0) is 11.3 Å². The molecular formula is C28H38F4N6O2. The van der Waals surface area contributed by atoms with Crippen molar-refractivity contribution in [3.05, 3.63) is 42.1 Å². The molecule has 1 spiro atoms. The molecule has 2 aromatic rings. The number of halogens is 4. The molecule has 0 unspecified atom stereocenters. The highest BCUT2D eigenvalue weighted by Crippen LogP contribution is 2.40. The molecule has 12 heteroatoms. The van der Waals surface area contributed by atoms with E-state index in [4.69, 9.17) is 0 Å². The Bertz CT molecular complexity index is 1150. The molecule has 0 atom stereocenters. The van der Waals surface area contributed by atoms with E-state index < -0.39 is 12.3 Å². The molecule has 1 aromatic heterocycles. The summed E-state index contributed by atoms with van der Waals surface area (Å²) in [5.41, 5.74) is 2.66. The fourth-order valence-corrected chi connectivity index (χ4v) is 5.99. The van der Waals surface area contributed by atoms with Crippen molar-refractivity contribution in [3.63, 3.8) is 0 Å². The number of nitrogens with one attached hydrogen (secondary N) is 1. The van der Waals surface area contributed by atoms with E-state index in [2.05, 4.69) is 44.5 Å². The van der Waals surface area contributed by atoms with Gasteiger partial charge >= 0.3 is 12.2 Å². The van der Waals surface area contributed by atoms with Gasteiger partial charge in [0.25, 0.3) is 0 Å². The Morgan fingerprint density at radius 2 is 1.68 bits per heavy atom. The molecular weight excluding hydrogens is 528 g/mol. The molecule has 0 bridgehead atoms. The van der Waals surface area contributed by atoms with Crippen molar-refractivity contribution in [2.75, 3.05) is 42.9 Å². The van der Waals surface area contributed by atoms with E-state index in [1.807, 2.05) is 4.90 Å². The van der Waals surface area contributed by atoms with Crippen molar-refractivity contribution < 1.29 is 27.2 Å². The average Bonchev–Trinajstić information content (AvgIpc) is 3.51. The lowest BCUT2D eigenvalue weighted by Crippen LogP contribution is -2.53. The summed E-state index contributed by atoms with van der Waals surface area (Å²) in [6.45, 7) is 6.49. The number of para-hydroxylation sites is 1. The molecule has 1 aromatic carbocycles. The van der Waals surface area contributed by atoms with E-state index in [9.17, 15) is 27.2 Å². The number of likely N-dealkylation sites (tertiary alicyclic amines) is 2. The molecule has 8 nitrogen and oxygen atoms in total. The number of carbonyl (C=O) groups excluding carboxylic acids is 2. The van der Waals surface area contributed by atoms with E-state index >= 15 is 0 Å². The normalized spacial score (nSPS) is 19.9. The SMILES string of the molecule is CC(=O)Nc1ccn(C(=O)N2CCC3(CCCN3Cc3ccccc3N3CCC(F)CC3)CC2)n1.CC(F)(F)F. The van der Waals surface area contributed by atoms with Crippen molar-refractivity contribution in [1.82, 2.24) is 19.6 Å². The fourth-order valence-electron chi connectivity index (χ4n) is 5.99. The number of rotatable bonds is 4. The Labute approximate surface area is 232 Å². The van der Waals surface area contributed by atoms with Gasteiger partial charge in [0.15, 0.2) is 5.82 Å². The summed E-state index contributed by atoms with van der Waals surface area (Å²) in [5, 5.41) is 6.81. The van der Waals surface area contributed by atoms with Crippen LogP contribution in [0.3, 0.4) is 0 Å². The molecule has 4 heterocycles. The summed E-state index contributed by atoms with van der Waals surface area (Å²) < 4.78 is 46.1. The Kier molecular flexibility index (Phi) is 9.37. The van der Waals surface area contributed by atoms with Crippen LogP contribution >= 0.6 is 0 Å². The average molecular weight is 567 g/mol. The van der Waals surface area contributed by atoms with E-state index in [0.717, 1.165) is 45.4 Å². The Morgan fingerprint density at radius 3 is 2.33 bits per heavy atom. The van der Waals surface area contributed by atoms with Gasteiger partial charge in [-0.15, -0.1) is 5.10 Å². The van der Waals surface area contributed by atoms with Gasteiger partial charge in [-0.1, -0.05) is 18.2 Å². The smallest absolute Gasteiger partial charge is 0.371 e. The third-order valence-electron chi connectivity index (χ3n) is 7.91. The molecule has 40 heavy (non-hydrogen) atoms. The third-order valence-corrected chi connectivity index (χ3v) is 7.91. The summed E-state index contributed by atoms with van der Waals surface area (Å²) >= 11 is 0. The monoisotopic (exact) mass is 566 g/mol. The maximum absolute atomic E-state index is 13.7. The van der Waals surface area contributed by atoms with Crippen molar-refractivity contribution in [2.45, 2.75) is 76.8 Å². The first-order valence-electron chi connectivity index (χ1n) is 13.8. The van der Waals surface area contributed by atoms with E-state index in [1.54, 1.807) is 12.3 Å². The van der Waals surface area contributed by atoms with Gasteiger partial charge in [-0.3, -0.25) is 9.69 Å². The highest BCUT2D eigenvalue weighted by molar-refractivity contribution is 5.88. The number of benzene rings is 1. The molecule has 3 aliphatic rings. The number of anilines is 2. The number of carbonyl (C=O) groups is 2. The standard InChI is InChI=1S/C26H35FN6O2.C2H3F3/c1-20(34)28-24-9-16-33(29-24)25(35)31-17-11-26(12-18-31)10-4-13-32(26)19-21-5-2-3-6-23(21)30-14-7-22(27)8-15-30;1-2(3,4)5/h2-3,5-6,9,16,22H,4,7-8,10-15,17-19H2,1H3,(H,28,29,34);1H3. The van der Waals surface area contributed by atoms with Crippen LogP contribution in [0.15, 0.2) is 36.5 Å². The summed E-state index contributed by atoms with van der Waals surface area (Å²) in [7, 11) is 0. The number of piperidine rings is 2. The van der Waals surface area contributed by atoms with Crippen LogP contribution in [0.25, 0.3) is 0 Å². The van der Waals surface area contributed by atoms with Gasteiger partial charge in [-0.2, -0.15) is 17.9 Å². The first kappa shape index (κ1) is 29.8. The van der Waals surface area contributed by atoms with Crippen molar-refractivity contribution in [3.8, 4) is 0 Å². The Balaban J connectivity index is 0.000000681. The lowest BCUT2D eigenvalue weighted by atomic mass is 9.84. The lowest BCUT2D eigenvalue weighted by molar-refractivity contribution is -0.114. The quantitative estimate of drug-likeness (QED) is 0.499. The van der Waals surface area contributed by atoms with Gasteiger partial charge in [0, 0.05) is 70.1 Å². The number of nitrogens with zero attached hydrogens (tertiary/aromatic N) is 5. The summed E-state index contributed by atoms with van der Waals surface area (Å²) in [6, 6.07) is 10.1. The molecule has 3 fully saturated rings. The summed E-state index contributed by atoms with van der Waals surface area (Å²) in [4.78, 5) is 31.1. The predicted molar refractivity (Wildman–Crippen MR) is 145 cm³/mol. The Morgan fingerprint density at radius 1 is 1.02 bits per heavy atom. The molecule has 3 saturated heterocycles. The molecule has 3 aliphatic heterocycles. The van der Waals surface area contributed by atoms with E-state index in [0.29, 0.717) is 31.7 Å². The van der Waals surface area contributed by atoms with Crippen molar-refractivity contribution in [1.29, 1.82) is 0 Å². The molecule has 1 N–H and O–H groups in total. The topological polar surface area (TPSA) is 73.7 Å². The second-order valence-corrected chi connectivity index (χ2v) is 10.9. The van der Waals surface area contributed by atoms with Gasteiger partial charge < -0.3 is 15.1 Å². The Hall–Kier alpha value is -3.15. The van der Waals surface area contributed by atoms with Crippen LogP contribution in [0.1, 0.15) is 57.9 Å². The number of hydrogen-bond acceptors (Lipinski definition) is 5. The fraction of sp³-hybridized carbons (Fsp3) is 0.607. The van der Waals surface area contributed by atoms with Gasteiger partial charge in [0.2, 0.25) is 5.91 Å². The zero-order chi connectivity index (χ0) is 28.9. The zero-order valence-corrected chi connectivity index (χ0v) is 23.1. The number of hydrogen-bond donors (Lipinski definition) is 1. The minimum atomic E-state index is -4.00. The van der Waals surface area contributed by atoms with E-state index in [1.165, 1.54) is 29.3 Å². The molecule has 0 aliphatic carbocycles. The van der Waals surface area contributed by atoms with Gasteiger partial charge in [-0.05, 0) is 56.7 Å². The maximum Gasteiger partial charge on any atom is 0.386 e. The predicted octanol–water partition coefficient (Wildman–Crippen LogP) is 5.45. The molecule has 2 amide bonds. The highest BCUT2D eigenvalue weighted by Gasteiger charge is 2.44. The first-order valence-corrected chi connectivity index (χ1v) is 13.8. The highest BCUT2D eigenvalue weighted by atomic mass is 19.4. The first-order chi connectivity index (χ1) is 18.9. The van der Waals surface area contributed by atoms with Crippen LogP contribution < -0.4 is 10.2 Å². The molecule has 0 saturated carbocycles. The molecule has 220 valence electrons. The number of aromatic nitrogens is 2. The van der Waals surface area contributed by atoms with Gasteiger partial charge in [-0.25, -0.2) is 9.18 Å². The van der Waals surface area contributed by atoms with Crippen LogP contribution in [-0.4, -0.2) is 82.1 Å². The van der Waals surface area contributed by atoms with E-state index in [-0.39, 0.29) is 24.4 Å². The van der Waals surface area contributed by atoms with Crippen LogP contribution in [0, 0.1) is 0 Å². The number of amides is 2. The van der Waals surface area contributed by atoms with Gasteiger partial charge in [0.05, 0.1) is 0 Å². The van der Waals surface area contributed by atoms with Gasteiger partial charge in [0.1, 0.15) is 6.17 Å². The maximum atomic E-state index is 13.7. The summed E-state index contributed by atoms with van der Waals surface area (Å²) in [6.07, 6.45) is 2.33.